The minimum Gasteiger partial charge on any atom is -0.379 e. The summed E-state index contributed by atoms with van der Waals surface area (Å²) >= 11 is 0. The van der Waals surface area contributed by atoms with Crippen molar-refractivity contribution in [3.63, 3.8) is 0 Å². The maximum absolute atomic E-state index is 12.5. The molecule has 0 aromatic carbocycles. The molecule has 0 bridgehead atoms. The van der Waals surface area contributed by atoms with Crippen LogP contribution >= 0.6 is 0 Å². The molecule has 1 atom stereocenters. The van der Waals surface area contributed by atoms with Gasteiger partial charge in [0.05, 0.1) is 23.9 Å². The summed E-state index contributed by atoms with van der Waals surface area (Å²) in [5.74, 6) is 0.381. The summed E-state index contributed by atoms with van der Waals surface area (Å²) in [7, 11) is 1.93. The van der Waals surface area contributed by atoms with Gasteiger partial charge in [0.25, 0.3) is 5.56 Å². The van der Waals surface area contributed by atoms with Crippen LogP contribution in [0.4, 0.5) is 10.6 Å². The maximum atomic E-state index is 12.5. The molecule has 1 aliphatic rings. The van der Waals surface area contributed by atoms with E-state index in [-0.39, 0.29) is 11.1 Å². The monoisotopic (exact) mass is 367 g/mol. The lowest BCUT2D eigenvalue weighted by atomic mass is 10.00. The number of nitrogens with one attached hydrogen (secondary N) is 1. The van der Waals surface area contributed by atoms with Crippen molar-refractivity contribution in [3.05, 3.63) is 47.1 Å². The van der Waals surface area contributed by atoms with Crippen molar-refractivity contribution in [2.75, 3.05) is 18.5 Å². The molecule has 1 aliphatic heterocycles. The Labute approximate surface area is 155 Å². The molecular weight excluding hydrogens is 346 g/mol. The largest absolute Gasteiger partial charge is 0.379 e. The Bertz CT molecular complexity index is 1090. The third-order valence-corrected chi connectivity index (χ3v) is 5.13. The number of carbonyl (C=O) groups excluding carboxylic acids is 1. The summed E-state index contributed by atoms with van der Waals surface area (Å²) in [4.78, 5) is 27.8. The molecule has 0 aliphatic carbocycles. The van der Waals surface area contributed by atoms with Crippen molar-refractivity contribution in [1.82, 2.24) is 14.1 Å². The Morgan fingerprint density at radius 2 is 2.19 bits per heavy atom. The summed E-state index contributed by atoms with van der Waals surface area (Å²) in [6.45, 7) is 3.20. The SMILES string of the molecule is Cn1cc(-c2ccc(=O)n(C3(C)CCOC3)c2)c2cc(NC(N)=O)ncc21. The van der Waals surface area contributed by atoms with Gasteiger partial charge < -0.3 is 19.6 Å². The minimum absolute atomic E-state index is 0.0512. The van der Waals surface area contributed by atoms with Gasteiger partial charge >= 0.3 is 6.03 Å². The molecule has 3 aromatic rings. The second-order valence-corrected chi connectivity index (χ2v) is 7.16. The number of primary amides is 1. The van der Waals surface area contributed by atoms with Crippen LogP contribution in [0.3, 0.4) is 0 Å². The number of hydrogen-bond donors (Lipinski definition) is 2. The first-order valence-corrected chi connectivity index (χ1v) is 8.70. The van der Waals surface area contributed by atoms with E-state index >= 15 is 0 Å². The molecule has 0 spiro atoms. The van der Waals surface area contributed by atoms with Crippen LogP contribution in [0.1, 0.15) is 13.3 Å². The van der Waals surface area contributed by atoms with Crippen LogP contribution in [-0.4, -0.2) is 33.4 Å². The van der Waals surface area contributed by atoms with Crippen molar-refractivity contribution in [3.8, 4) is 11.1 Å². The fraction of sp³-hybridized carbons (Fsp3) is 0.316. The number of hydrogen-bond acceptors (Lipinski definition) is 4. The van der Waals surface area contributed by atoms with Crippen molar-refractivity contribution in [2.24, 2.45) is 12.8 Å². The van der Waals surface area contributed by atoms with Gasteiger partial charge in [-0.3, -0.25) is 10.1 Å². The topological polar surface area (TPSA) is 104 Å². The van der Waals surface area contributed by atoms with Gasteiger partial charge in [0.1, 0.15) is 5.82 Å². The maximum Gasteiger partial charge on any atom is 0.317 e. The normalized spacial score (nSPS) is 19.5. The van der Waals surface area contributed by atoms with Gasteiger partial charge in [0.2, 0.25) is 0 Å². The van der Waals surface area contributed by atoms with Gasteiger partial charge in [0.15, 0.2) is 0 Å². The zero-order valence-electron chi connectivity index (χ0n) is 15.2. The molecule has 140 valence electrons. The molecule has 8 heteroatoms. The highest BCUT2D eigenvalue weighted by atomic mass is 16.5. The first kappa shape index (κ1) is 17.3. The molecule has 1 saturated heterocycles. The van der Waals surface area contributed by atoms with Crippen LogP contribution in [-0.2, 0) is 17.3 Å². The van der Waals surface area contributed by atoms with E-state index in [4.69, 9.17) is 10.5 Å². The smallest absolute Gasteiger partial charge is 0.317 e. The van der Waals surface area contributed by atoms with Crippen LogP contribution in [0, 0.1) is 0 Å². The fourth-order valence-corrected chi connectivity index (χ4v) is 3.62. The highest BCUT2D eigenvalue weighted by molar-refractivity contribution is 5.98. The summed E-state index contributed by atoms with van der Waals surface area (Å²) < 4.78 is 9.24. The molecule has 8 nitrogen and oxygen atoms in total. The number of nitrogens with two attached hydrogens (primary N) is 1. The van der Waals surface area contributed by atoms with Gasteiger partial charge in [-0.25, -0.2) is 9.78 Å². The lowest BCUT2D eigenvalue weighted by Gasteiger charge is -2.25. The molecule has 1 fully saturated rings. The molecular formula is C19H21N5O3. The number of anilines is 1. The standard InChI is InChI=1S/C19H21N5O3/c1-19(5-6-27-11-19)24-9-12(3-4-17(24)25)14-10-23(2)15-8-21-16(7-13(14)15)22-18(20)26/h3-4,7-10H,5-6,11H2,1-2H3,(H3,20,21,22,26). The van der Waals surface area contributed by atoms with E-state index in [9.17, 15) is 9.59 Å². The molecule has 4 heterocycles. The highest BCUT2D eigenvalue weighted by Crippen LogP contribution is 2.32. The first-order valence-electron chi connectivity index (χ1n) is 8.70. The summed E-state index contributed by atoms with van der Waals surface area (Å²) in [6, 6.07) is 4.52. The summed E-state index contributed by atoms with van der Waals surface area (Å²) in [6.07, 6.45) is 6.35. The Balaban J connectivity index is 1.87. The lowest BCUT2D eigenvalue weighted by Crippen LogP contribution is -2.38. The number of aromatic nitrogens is 3. The van der Waals surface area contributed by atoms with Gasteiger partial charge in [0, 0.05) is 48.6 Å². The van der Waals surface area contributed by atoms with Crippen molar-refractivity contribution in [1.29, 1.82) is 0 Å². The number of fused-ring (bicyclic) bond motifs is 1. The number of rotatable bonds is 3. The number of pyridine rings is 2. The number of nitrogens with zero attached hydrogens (tertiary/aromatic N) is 3. The van der Waals surface area contributed by atoms with Crippen LogP contribution in [0.15, 0.2) is 41.6 Å². The Hall–Kier alpha value is -3.13. The zero-order chi connectivity index (χ0) is 19.2. The molecule has 0 radical (unpaired) electrons. The van der Waals surface area contributed by atoms with E-state index < -0.39 is 6.03 Å². The summed E-state index contributed by atoms with van der Waals surface area (Å²) in [5, 5.41) is 3.41. The Morgan fingerprint density at radius 1 is 1.37 bits per heavy atom. The predicted octanol–water partition coefficient (Wildman–Crippen LogP) is 2.03. The van der Waals surface area contributed by atoms with E-state index in [2.05, 4.69) is 10.3 Å². The number of aryl methyl sites for hydroxylation is 1. The molecule has 3 aromatic heterocycles. The van der Waals surface area contributed by atoms with Crippen LogP contribution < -0.4 is 16.6 Å². The average molecular weight is 367 g/mol. The second-order valence-electron chi connectivity index (χ2n) is 7.16. The molecule has 2 amide bonds. The molecule has 3 N–H and O–H groups in total. The first-order chi connectivity index (χ1) is 12.9. The van der Waals surface area contributed by atoms with Crippen LogP contribution in [0.5, 0.6) is 0 Å². The van der Waals surface area contributed by atoms with Crippen molar-refractivity contribution >= 4 is 22.8 Å². The number of carbonyl (C=O) groups is 1. The van der Waals surface area contributed by atoms with E-state index in [1.165, 1.54) is 0 Å². The minimum atomic E-state index is -0.665. The number of ether oxygens (including phenoxy) is 1. The van der Waals surface area contributed by atoms with E-state index in [0.717, 1.165) is 28.5 Å². The van der Waals surface area contributed by atoms with Crippen LogP contribution in [0.2, 0.25) is 0 Å². The van der Waals surface area contributed by atoms with Gasteiger partial charge in [-0.1, -0.05) is 0 Å². The van der Waals surface area contributed by atoms with Gasteiger partial charge in [-0.05, 0) is 25.5 Å². The lowest BCUT2D eigenvalue weighted by molar-refractivity contribution is 0.160. The third kappa shape index (κ3) is 2.97. The van der Waals surface area contributed by atoms with E-state index in [1.807, 2.05) is 37.0 Å². The van der Waals surface area contributed by atoms with E-state index in [1.54, 1.807) is 22.9 Å². The Kier molecular flexibility index (Phi) is 4.00. The molecule has 0 saturated carbocycles. The van der Waals surface area contributed by atoms with Gasteiger partial charge in [-0.15, -0.1) is 0 Å². The van der Waals surface area contributed by atoms with Crippen LogP contribution in [0.25, 0.3) is 22.0 Å². The zero-order valence-corrected chi connectivity index (χ0v) is 15.2. The molecule has 1 unspecified atom stereocenters. The predicted molar refractivity (Wildman–Crippen MR) is 103 cm³/mol. The fourth-order valence-electron chi connectivity index (χ4n) is 3.62. The third-order valence-electron chi connectivity index (χ3n) is 5.13. The second kappa shape index (κ2) is 6.24. The Morgan fingerprint density at radius 3 is 2.89 bits per heavy atom. The number of amides is 2. The quantitative estimate of drug-likeness (QED) is 0.739. The number of urea groups is 1. The van der Waals surface area contributed by atoms with E-state index in [0.29, 0.717) is 19.0 Å². The summed E-state index contributed by atoms with van der Waals surface area (Å²) in [5.41, 5.74) is 7.56. The highest BCUT2D eigenvalue weighted by Gasteiger charge is 2.32. The molecule has 27 heavy (non-hydrogen) atoms. The van der Waals surface area contributed by atoms with Crippen molar-refractivity contribution in [2.45, 2.75) is 18.9 Å². The molecule has 4 rings (SSSR count). The van der Waals surface area contributed by atoms with Crippen molar-refractivity contribution < 1.29 is 9.53 Å². The van der Waals surface area contributed by atoms with Gasteiger partial charge in [-0.2, -0.15) is 0 Å². The average Bonchev–Trinajstić information content (AvgIpc) is 3.20.